The van der Waals surface area contributed by atoms with Crippen LogP contribution in [0.15, 0.2) is 18.2 Å². The number of benzene rings is 1. The summed E-state index contributed by atoms with van der Waals surface area (Å²) >= 11 is 8.35. The van der Waals surface area contributed by atoms with Gasteiger partial charge in [0.05, 0.1) is 19.4 Å². The SMILES string of the molecule is COC(=O)c1c(NC(CO)CCI)cc(C)nc1Oc1c(C)cc(Cl)cc1C. The fourth-order valence-electron chi connectivity index (χ4n) is 2.85. The van der Waals surface area contributed by atoms with Crippen LogP contribution in [0.2, 0.25) is 5.02 Å². The molecular formula is C20H24ClIN2O4. The number of carbonyl (C=O) groups is 1. The molecule has 2 aromatic rings. The highest BCUT2D eigenvalue weighted by molar-refractivity contribution is 14.1. The summed E-state index contributed by atoms with van der Waals surface area (Å²) in [5.74, 6) is 0.166. The Bertz CT molecular complexity index is 837. The maximum atomic E-state index is 12.5. The molecule has 0 fully saturated rings. The van der Waals surface area contributed by atoms with Gasteiger partial charge in [0.15, 0.2) is 0 Å². The van der Waals surface area contributed by atoms with Gasteiger partial charge in [0.2, 0.25) is 5.88 Å². The zero-order valence-electron chi connectivity index (χ0n) is 16.3. The van der Waals surface area contributed by atoms with E-state index in [0.717, 1.165) is 22.0 Å². The van der Waals surface area contributed by atoms with Crippen LogP contribution in [-0.2, 0) is 4.74 Å². The number of alkyl halides is 1. The standard InChI is InChI=1S/C20H24ClIN2O4/c1-11-7-14(21)8-12(2)18(11)28-19-17(20(26)27-4)16(9-13(3)23-19)24-15(10-25)5-6-22/h7-9,15,25H,5-6,10H2,1-4H3,(H,23,24). The Morgan fingerprint density at radius 1 is 1.29 bits per heavy atom. The Morgan fingerprint density at radius 2 is 1.93 bits per heavy atom. The van der Waals surface area contributed by atoms with E-state index in [4.69, 9.17) is 21.1 Å². The number of nitrogens with one attached hydrogen (secondary N) is 1. The number of rotatable bonds is 8. The number of ether oxygens (including phenoxy) is 2. The molecule has 0 saturated heterocycles. The molecule has 0 aliphatic carbocycles. The second kappa shape index (κ2) is 10.3. The lowest BCUT2D eigenvalue weighted by molar-refractivity contribution is 0.0598. The van der Waals surface area contributed by atoms with Gasteiger partial charge in [-0.25, -0.2) is 9.78 Å². The number of methoxy groups -OCH3 is 1. The van der Waals surface area contributed by atoms with Crippen LogP contribution in [0, 0.1) is 20.8 Å². The normalized spacial score (nSPS) is 11.8. The molecule has 1 unspecified atom stereocenters. The van der Waals surface area contributed by atoms with Crippen LogP contribution in [0.25, 0.3) is 0 Å². The van der Waals surface area contributed by atoms with E-state index in [0.29, 0.717) is 22.2 Å². The lowest BCUT2D eigenvalue weighted by Gasteiger charge is -2.21. The van der Waals surface area contributed by atoms with E-state index in [1.807, 2.05) is 20.8 Å². The number of hydrogen-bond acceptors (Lipinski definition) is 6. The predicted octanol–water partition coefficient (Wildman–Crippen LogP) is 4.84. The van der Waals surface area contributed by atoms with Gasteiger partial charge >= 0.3 is 5.97 Å². The van der Waals surface area contributed by atoms with Crippen LogP contribution in [0.3, 0.4) is 0 Å². The Labute approximate surface area is 183 Å². The molecule has 0 saturated carbocycles. The first-order valence-electron chi connectivity index (χ1n) is 8.78. The van der Waals surface area contributed by atoms with Gasteiger partial charge in [-0.3, -0.25) is 0 Å². The lowest BCUT2D eigenvalue weighted by atomic mass is 10.1. The molecule has 0 spiro atoms. The Kier molecular flexibility index (Phi) is 8.33. The molecule has 28 heavy (non-hydrogen) atoms. The largest absolute Gasteiger partial charge is 0.465 e. The minimum atomic E-state index is -0.569. The first kappa shape index (κ1) is 22.7. The summed E-state index contributed by atoms with van der Waals surface area (Å²) < 4.78 is 11.9. The zero-order chi connectivity index (χ0) is 20.8. The number of aryl methyl sites for hydroxylation is 3. The number of aliphatic hydroxyl groups excluding tert-OH is 1. The summed E-state index contributed by atoms with van der Waals surface area (Å²) in [4.78, 5) is 17.0. The van der Waals surface area contributed by atoms with Crippen LogP contribution in [0.4, 0.5) is 5.69 Å². The summed E-state index contributed by atoms with van der Waals surface area (Å²) in [6, 6.07) is 5.13. The van der Waals surface area contributed by atoms with Crippen LogP contribution in [0.5, 0.6) is 11.6 Å². The van der Waals surface area contributed by atoms with Gasteiger partial charge in [0.1, 0.15) is 11.3 Å². The average Bonchev–Trinajstić information content (AvgIpc) is 2.63. The van der Waals surface area contributed by atoms with Crippen molar-refractivity contribution in [2.45, 2.75) is 33.2 Å². The van der Waals surface area contributed by atoms with Gasteiger partial charge in [-0.05, 0) is 56.5 Å². The van der Waals surface area contributed by atoms with Crippen molar-refractivity contribution in [1.82, 2.24) is 4.98 Å². The number of carbonyl (C=O) groups excluding carboxylic acids is 1. The molecule has 0 aliphatic heterocycles. The summed E-state index contributed by atoms with van der Waals surface area (Å²) in [5, 5.41) is 13.5. The number of halogens is 2. The maximum Gasteiger partial charge on any atom is 0.345 e. The number of nitrogens with zero attached hydrogens (tertiary/aromatic N) is 1. The van der Waals surface area contributed by atoms with Gasteiger partial charge < -0.3 is 19.9 Å². The highest BCUT2D eigenvalue weighted by Gasteiger charge is 2.24. The van der Waals surface area contributed by atoms with E-state index in [1.165, 1.54) is 7.11 Å². The Balaban J connectivity index is 2.56. The third kappa shape index (κ3) is 5.48. The quantitative estimate of drug-likeness (QED) is 0.296. The van der Waals surface area contributed by atoms with Crippen LogP contribution >= 0.6 is 34.2 Å². The molecule has 0 bridgehead atoms. The van der Waals surface area contributed by atoms with Crippen molar-refractivity contribution in [3.63, 3.8) is 0 Å². The van der Waals surface area contributed by atoms with Crippen molar-refractivity contribution < 1.29 is 19.4 Å². The summed E-state index contributed by atoms with van der Waals surface area (Å²) in [6.07, 6.45) is 0.741. The minimum Gasteiger partial charge on any atom is -0.465 e. The molecule has 8 heteroatoms. The number of hydrogen-bond donors (Lipinski definition) is 2. The second-order valence-corrected chi connectivity index (χ2v) is 7.97. The van der Waals surface area contributed by atoms with E-state index in [9.17, 15) is 9.90 Å². The van der Waals surface area contributed by atoms with E-state index in [2.05, 4.69) is 32.9 Å². The summed E-state index contributed by atoms with van der Waals surface area (Å²) in [7, 11) is 1.31. The highest BCUT2D eigenvalue weighted by atomic mass is 127. The van der Waals surface area contributed by atoms with Gasteiger partial charge in [0, 0.05) is 21.2 Å². The van der Waals surface area contributed by atoms with Gasteiger partial charge in [-0.15, -0.1) is 0 Å². The fourth-order valence-corrected chi connectivity index (χ4v) is 3.93. The lowest BCUT2D eigenvalue weighted by Crippen LogP contribution is -2.26. The molecule has 1 atom stereocenters. The molecule has 152 valence electrons. The smallest absolute Gasteiger partial charge is 0.345 e. The second-order valence-electron chi connectivity index (χ2n) is 6.46. The first-order valence-corrected chi connectivity index (χ1v) is 10.7. The zero-order valence-corrected chi connectivity index (χ0v) is 19.2. The van der Waals surface area contributed by atoms with E-state index < -0.39 is 5.97 Å². The third-order valence-corrected chi connectivity index (χ3v) is 5.01. The van der Waals surface area contributed by atoms with Gasteiger partial charge in [-0.1, -0.05) is 34.2 Å². The predicted molar refractivity (Wildman–Crippen MR) is 119 cm³/mol. The van der Waals surface area contributed by atoms with Crippen molar-refractivity contribution in [2.24, 2.45) is 0 Å². The van der Waals surface area contributed by atoms with Crippen LogP contribution < -0.4 is 10.1 Å². The molecular weight excluding hydrogens is 495 g/mol. The van der Waals surface area contributed by atoms with Crippen molar-refractivity contribution in [3.8, 4) is 11.6 Å². The molecule has 0 aliphatic rings. The summed E-state index contributed by atoms with van der Waals surface area (Å²) in [6.45, 7) is 5.51. The maximum absolute atomic E-state index is 12.5. The summed E-state index contributed by atoms with van der Waals surface area (Å²) in [5.41, 5.74) is 3.03. The van der Waals surface area contributed by atoms with Crippen molar-refractivity contribution in [2.75, 3.05) is 23.5 Å². The van der Waals surface area contributed by atoms with E-state index in [-0.39, 0.29) is 24.1 Å². The number of aromatic nitrogens is 1. The number of esters is 1. The molecule has 2 N–H and O–H groups in total. The Hall–Kier alpha value is -1.58. The number of pyridine rings is 1. The molecule has 0 amide bonds. The molecule has 1 aromatic carbocycles. The highest BCUT2D eigenvalue weighted by Crippen LogP contribution is 2.35. The molecule has 1 heterocycles. The fraction of sp³-hybridized carbons (Fsp3) is 0.400. The van der Waals surface area contributed by atoms with E-state index in [1.54, 1.807) is 18.2 Å². The topological polar surface area (TPSA) is 80.7 Å². The molecule has 0 radical (unpaired) electrons. The minimum absolute atomic E-state index is 0.0590. The molecule has 1 aromatic heterocycles. The van der Waals surface area contributed by atoms with Gasteiger partial charge in [0.25, 0.3) is 0 Å². The number of anilines is 1. The van der Waals surface area contributed by atoms with E-state index >= 15 is 0 Å². The van der Waals surface area contributed by atoms with Crippen molar-refractivity contribution in [3.05, 3.63) is 45.6 Å². The molecule has 2 rings (SSSR count). The monoisotopic (exact) mass is 518 g/mol. The van der Waals surface area contributed by atoms with Crippen molar-refractivity contribution in [1.29, 1.82) is 0 Å². The molecule has 6 nitrogen and oxygen atoms in total. The average molecular weight is 519 g/mol. The van der Waals surface area contributed by atoms with Crippen LogP contribution in [0.1, 0.15) is 33.6 Å². The van der Waals surface area contributed by atoms with Crippen LogP contribution in [-0.4, -0.2) is 40.2 Å². The third-order valence-electron chi connectivity index (χ3n) is 4.17. The van der Waals surface area contributed by atoms with Gasteiger partial charge in [-0.2, -0.15) is 0 Å². The van der Waals surface area contributed by atoms with Crippen molar-refractivity contribution >= 4 is 45.8 Å². The Morgan fingerprint density at radius 3 is 2.46 bits per heavy atom. The first-order chi connectivity index (χ1) is 13.3. The number of aliphatic hydroxyl groups is 1.